The van der Waals surface area contributed by atoms with E-state index in [1.54, 1.807) is 43.3 Å². The van der Waals surface area contributed by atoms with Crippen molar-refractivity contribution in [1.82, 2.24) is 5.32 Å². The molecule has 0 aliphatic heterocycles. The highest BCUT2D eigenvalue weighted by molar-refractivity contribution is 5.96. The average molecular weight is 248 g/mol. The number of aliphatic carboxylic acids is 1. The van der Waals surface area contributed by atoms with Crippen LogP contribution in [0, 0.1) is 0 Å². The van der Waals surface area contributed by atoms with Gasteiger partial charge in [0, 0.05) is 11.7 Å². The molecule has 5 heteroatoms. The van der Waals surface area contributed by atoms with E-state index in [0.717, 1.165) is 0 Å². The number of carbonyl (C=O) groups excluding carboxylic acids is 1. The Kier molecular flexibility index (Phi) is 4.92. The van der Waals surface area contributed by atoms with Crippen LogP contribution < -0.4 is 10.2 Å². The summed E-state index contributed by atoms with van der Waals surface area (Å²) in [6, 6.07) is 7.96. The van der Waals surface area contributed by atoms with Crippen LogP contribution in [0.1, 0.15) is 6.92 Å². The van der Waals surface area contributed by atoms with Gasteiger partial charge in [0.05, 0.1) is 0 Å². The smallest absolute Gasteiger partial charge is 0.323 e. The maximum atomic E-state index is 12.0. The van der Waals surface area contributed by atoms with Crippen molar-refractivity contribution < 1.29 is 14.7 Å². The Balaban J connectivity index is 2.88. The summed E-state index contributed by atoms with van der Waals surface area (Å²) in [4.78, 5) is 23.9. The van der Waals surface area contributed by atoms with Crippen LogP contribution in [0.25, 0.3) is 0 Å². The van der Waals surface area contributed by atoms with Crippen molar-refractivity contribution in [2.45, 2.75) is 13.0 Å². The van der Waals surface area contributed by atoms with Crippen LogP contribution in [0.3, 0.4) is 0 Å². The van der Waals surface area contributed by atoms with Crippen molar-refractivity contribution in [2.24, 2.45) is 0 Å². The number of benzene rings is 1. The lowest BCUT2D eigenvalue weighted by Gasteiger charge is -2.22. The first kappa shape index (κ1) is 13.8. The molecular formula is C13H16N2O3. The number of carbonyl (C=O) groups is 2. The van der Waals surface area contributed by atoms with Gasteiger partial charge in [-0.3, -0.25) is 9.69 Å². The molecule has 0 aliphatic rings. The molecule has 1 rings (SSSR count). The number of rotatable bonds is 5. The number of hydrogen-bond donors (Lipinski definition) is 2. The Bertz CT molecular complexity index is 431. The largest absolute Gasteiger partial charge is 0.480 e. The van der Waals surface area contributed by atoms with Gasteiger partial charge < -0.3 is 10.4 Å². The van der Waals surface area contributed by atoms with Crippen LogP contribution in [0.4, 0.5) is 10.5 Å². The lowest BCUT2D eigenvalue weighted by atomic mass is 10.3. The molecule has 2 amide bonds. The highest BCUT2D eigenvalue weighted by Gasteiger charge is 2.19. The third-order valence-electron chi connectivity index (χ3n) is 2.31. The molecule has 2 N–H and O–H groups in total. The molecule has 0 spiro atoms. The molecule has 0 fully saturated rings. The minimum atomic E-state index is -1.07. The first-order chi connectivity index (χ1) is 8.54. The molecule has 0 bridgehead atoms. The number of nitrogens with zero attached hydrogens (tertiary/aromatic N) is 1. The SMILES string of the molecule is C=CC(C)NC(=O)N(CC(=O)O)c1ccccc1. The van der Waals surface area contributed by atoms with Gasteiger partial charge in [-0.25, -0.2) is 4.79 Å². The minimum absolute atomic E-state index is 0.225. The van der Waals surface area contributed by atoms with E-state index in [2.05, 4.69) is 11.9 Å². The number of carboxylic acid groups (broad SMARTS) is 1. The first-order valence-corrected chi connectivity index (χ1v) is 5.52. The van der Waals surface area contributed by atoms with E-state index in [-0.39, 0.29) is 12.6 Å². The molecule has 1 unspecified atom stereocenters. The summed E-state index contributed by atoms with van der Waals surface area (Å²) in [5.74, 6) is -1.07. The first-order valence-electron chi connectivity index (χ1n) is 5.52. The molecule has 0 radical (unpaired) electrons. The lowest BCUT2D eigenvalue weighted by Crippen LogP contribution is -2.45. The molecule has 1 atom stereocenters. The quantitative estimate of drug-likeness (QED) is 0.781. The van der Waals surface area contributed by atoms with Gasteiger partial charge in [0.25, 0.3) is 0 Å². The number of carboxylic acids is 1. The molecule has 0 aliphatic carbocycles. The summed E-state index contributed by atoms with van der Waals surface area (Å²) in [5.41, 5.74) is 0.536. The van der Waals surface area contributed by atoms with Crippen LogP contribution in [0.5, 0.6) is 0 Å². The van der Waals surface area contributed by atoms with Crippen LogP contribution in [-0.2, 0) is 4.79 Å². The standard InChI is InChI=1S/C13H16N2O3/c1-3-10(2)14-13(18)15(9-12(16)17)11-7-5-4-6-8-11/h3-8,10H,1,9H2,2H3,(H,14,18)(H,16,17). The highest BCUT2D eigenvalue weighted by atomic mass is 16.4. The molecule has 0 saturated heterocycles. The van der Waals surface area contributed by atoms with Crippen LogP contribution in [0.2, 0.25) is 0 Å². The van der Waals surface area contributed by atoms with Gasteiger partial charge in [-0.15, -0.1) is 6.58 Å². The van der Waals surface area contributed by atoms with Crippen molar-refractivity contribution in [1.29, 1.82) is 0 Å². The lowest BCUT2D eigenvalue weighted by molar-refractivity contribution is -0.135. The summed E-state index contributed by atoms with van der Waals surface area (Å²) < 4.78 is 0. The molecule has 1 aromatic carbocycles. The third-order valence-corrected chi connectivity index (χ3v) is 2.31. The Hall–Kier alpha value is -2.30. The Morgan fingerprint density at radius 1 is 1.44 bits per heavy atom. The van der Waals surface area contributed by atoms with Crippen molar-refractivity contribution in [3.63, 3.8) is 0 Å². The number of anilines is 1. The molecule has 0 heterocycles. The van der Waals surface area contributed by atoms with Gasteiger partial charge in [-0.2, -0.15) is 0 Å². The number of para-hydroxylation sites is 1. The van der Waals surface area contributed by atoms with E-state index < -0.39 is 12.0 Å². The fraction of sp³-hybridized carbons (Fsp3) is 0.231. The van der Waals surface area contributed by atoms with E-state index in [1.807, 2.05) is 0 Å². The van der Waals surface area contributed by atoms with E-state index in [9.17, 15) is 9.59 Å². The second-order valence-electron chi connectivity index (χ2n) is 3.79. The summed E-state index contributed by atoms with van der Waals surface area (Å²) in [6.07, 6.45) is 1.57. The predicted molar refractivity (Wildman–Crippen MR) is 69.6 cm³/mol. The number of amides is 2. The van der Waals surface area contributed by atoms with Gasteiger partial charge in [0.1, 0.15) is 6.54 Å². The van der Waals surface area contributed by atoms with E-state index in [4.69, 9.17) is 5.11 Å². The second-order valence-corrected chi connectivity index (χ2v) is 3.79. The Morgan fingerprint density at radius 2 is 2.06 bits per heavy atom. The van der Waals surface area contributed by atoms with E-state index in [1.165, 1.54) is 4.90 Å². The molecule has 0 saturated carbocycles. The fourth-order valence-electron chi connectivity index (χ4n) is 1.36. The number of urea groups is 1. The number of nitrogens with one attached hydrogen (secondary N) is 1. The molecule has 0 aromatic heterocycles. The normalized spacial score (nSPS) is 11.4. The van der Waals surface area contributed by atoms with Gasteiger partial charge >= 0.3 is 12.0 Å². The van der Waals surface area contributed by atoms with Gasteiger partial charge in [-0.05, 0) is 19.1 Å². The van der Waals surface area contributed by atoms with Gasteiger partial charge in [-0.1, -0.05) is 24.3 Å². The molecule has 18 heavy (non-hydrogen) atoms. The Morgan fingerprint density at radius 3 is 2.56 bits per heavy atom. The van der Waals surface area contributed by atoms with Crippen LogP contribution in [0.15, 0.2) is 43.0 Å². The van der Waals surface area contributed by atoms with Crippen molar-refractivity contribution in [3.8, 4) is 0 Å². The molecular weight excluding hydrogens is 232 g/mol. The summed E-state index contributed by atoms with van der Waals surface area (Å²) >= 11 is 0. The monoisotopic (exact) mass is 248 g/mol. The van der Waals surface area contributed by atoms with Crippen molar-refractivity contribution in [3.05, 3.63) is 43.0 Å². The maximum Gasteiger partial charge on any atom is 0.323 e. The molecule has 96 valence electrons. The van der Waals surface area contributed by atoms with Gasteiger partial charge in [0.2, 0.25) is 0 Å². The van der Waals surface area contributed by atoms with Gasteiger partial charge in [0.15, 0.2) is 0 Å². The summed E-state index contributed by atoms with van der Waals surface area (Å²) in [7, 11) is 0. The van der Waals surface area contributed by atoms with Crippen molar-refractivity contribution >= 4 is 17.7 Å². The third kappa shape index (κ3) is 3.93. The molecule has 1 aromatic rings. The zero-order chi connectivity index (χ0) is 13.5. The summed E-state index contributed by atoms with van der Waals surface area (Å²) in [6.45, 7) is 4.93. The maximum absolute atomic E-state index is 12.0. The van der Waals surface area contributed by atoms with Crippen LogP contribution >= 0.6 is 0 Å². The number of hydrogen-bond acceptors (Lipinski definition) is 2. The minimum Gasteiger partial charge on any atom is -0.480 e. The zero-order valence-electron chi connectivity index (χ0n) is 10.2. The zero-order valence-corrected chi connectivity index (χ0v) is 10.2. The Labute approximate surface area is 106 Å². The highest BCUT2D eigenvalue weighted by Crippen LogP contribution is 2.13. The van der Waals surface area contributed by atoms with Crippen LogP contribution in [-0.4, -0.2) is 29.7 Å². The van der Waals surface area contributed by atoms with E-state index >= 15 is 0 Å². The topological polar surface area (TPSA) is 69.6 Å². The fourth-order valence-corrected chi connectivity index (χ4v) is 1.36. The molecule has 5 nitrogen and oxygen atoms in total. The van der Waals surface area contributed by atoms with E-state index in [0.29, 0.717) is 5.69 Å². The predicted octanol–water partition coefficient (Wildman–Crippen LogP) is 1.86. The average Bonchev–Trinajstić information content (AvgIpc) is 2.36. The van der Waals surface area contributed by atoms with Crippen molar-refractivity contribution in [2.75, 3.05) is 11.4 Å². The summed E-state index contributed by atoms with van der Waals surface area (Å²) in [5, 5.41) is 11.5. The second kappa shape index (κ2) is 6.44.